The molecule has 3 aromatic rings. The Kier molecular flexibility index (Phi) is 8.91. The van der Waals surface area contributed by atoms with Crippen molar-refractivity contribution in [1.82, 2.24) is 0 Å². The average molecular weight is 601 g/mol. The second kappa shape index (κ2) is 12.6. The summed E-state index contributed by atoms with van der Waals surface area (Å²) in [4.78, 5) is 39.4. The highest BCUT2D eigenvalue weighted by Crippen LogP contribution is 2.46. The number of benzene rings is 3. The molecule has 11 heteroatoms. The number of ether oxygens (including phenoxy) is 5. The van der Waals surface area contributed by atoms with E-state index in [1.807, 2.05) is 0 Å². The predicted molar refractivity (Wildman–Crippen MR) is 147 cm³/mol. The molecular weight excluding hydrogens is 575 g/mol. The number of carbonyl (C=O) groups excluding carboxylic acids is 3. The third-order valence-electron chi connectivity index (χ3n) is 6.77. The summed E-state index contributed by atoms with van der Waals surface area (Å²) in [5.41, 5.74) is 0.695. The summed E-state index contributed by atoms with van der Waals surface area (Å²) in [6.45, 7) is -0.276. The zero-order valence-corrected chi connectivity index (χ0v) is 23.0. The van der Waals surface area contributed by atoms with Gasteiger partial charge in [-0.3, -0.25) is 0 Å². The van der Waals surface area contributed by atoms with E-state index in [4.69, 9.17) is 46.9 Å². The molecule has 3 aromatic carbocycles. The lowest BCUT2D eigenvalue weighted by Gasteiger charge is -2.48. The zero-order valence-electron chi connectivity index (χ0n) is 21.5. The minimum absolute atomic E-state index is 0.0904. The van der Waals surface area contributed by atoms with Crippen LogP contribution in [0.3, 0.4) is 0 Å². The fourth-order valence-electron chi connectivity index (χ4n) is 4.42. The maximum absolute atomic E-state index is 13.2. The lowest BCUT2D eigenvalue weighted by molar-refractivity contribution is -0.293. The summed E-state index contributed by atoms with van der Waals surface area (Å²) in [6.07, 6.45) is -7.14. The maximum Gasteiger partial charge on any atom is 0.338 e. The van der Waals surface area contributed by atoms with Crippen molar-refractivity contribution >= 4 is 41.1 Å². The number of hydrogen-bond donors (Lipinski definition) is 1. The van der Waals surface area contributed by atoms with E-state index in [1.165, 1.54) is 0 Å². The Morgan fingerprint density at radius 3 is 1.59 bits per heavy atom. The lowest BCUT2D eigenvalue weighted by atomic mass is 9.90. The molecule has 41 heavy (non-hydrogen) atoms. The van der Waals surface area contributed by atoms with Gasteiger partial charge in [-0.2, -0.15) is 0 Å². The predicted octanol–water partition coefficient (Wildman–Crippen LogP) is 4.34. The van der Waals surface area contributed by atoms with Crippen LogP contribution in [-0.2, 0) is 23.7 Å². The van der Waals surface area contributed by atoms with Crippen molar-refractivity contribution < 1.29 is 43.2 Å². The van der Waals surface area contributed by atoms with E-state index >= 15 is 0 Å². The van der Waals surface area contributed by atoms with E-state index in [0.29, 0.717) is 0 Å². The Bertz CT molecular complexity index is 1350. The summed E-state index contributed by atoms with van der Waals surface area (Å²) in [5, 5.41) is 9.99. The van der Waals surface area contributed by atoms with Crippen molar-refractivity contribution in [3.05, 3.63) is 108 Å². The molecule has 0 amide bonds. The van der Waals surface area contributed by atoms with Crippen LogP contribution in [-0.4, -0.2) is 70.8 Å². The van der Waals surface area contributed by atoms with Crippen LogP contribution >= 0.6 is 23.2 Å². The van der Waals surface area contributed by atoms with E-state index in [-0.39, 0.29) is 29.7 Å². The van der Waals surface area contributed by atoms with Crippen LogP contribution < -0.4 is 0 Å². The van der Waals surface area contributed by atoms with Crippen LogP contribution in [0.15, 0.2) is 91.0 Å². The van der Waals surface area contributed by atoms with Crippen LogP contribution in [0.25, 0.3) is 0 Å². The van der Waals surface area contributed by atoms with Crippen molar-refractivity contribution in [2.45, 2.75) is 47.6 Å². The third kappa shape index (κ3) is 6.55. The maximum atomic E-state index is 13.2. The molecule has 0 aromatic heterocycles. The van der Waals surface area contributed by atoms with Crippen molar-refractivity contribution in [3.8, 4) is 0 Å². The first-order valence-corrected chi connectivity index (χ1v) is 13.6. The molecule has 5 rings (SSSR count). The van der Waals surface area contributed by atoms with Gasteiger partial charge in [0.25, 0.3) is 0 Å². The normalized spacial score (nSPS) is 26.7. The monoisotopic (exact) mass is 600 g/mol. The minimum Gasteiger partial charge on any atom is -0.452 e. The molecule has 214 valence electrons. The number of alkyl halides is 2. The summed E-state index contributed by atoms with van der Waals surface area (Å²) in [7, 11) is 0. The van der Waals surface area contributed by atoms with Gasteiger partial charge in [0.15, 0.2) is 28.9 Å². The number of carbonyl (C=O) groups is 3. The second-order valence-corrected chi connectivity index (χ2v) is 11.0. The van der Waals surface area contributed by atoms with Crippen molar-refractivity contribution in [2.75, 3.05) is 6.61 Å². The highest BCUT2D eigenvalue weighted by atomic mass is 35.5. The standard InChI is InChI=1S/C30H26Cl2O9/c31-30(32)22(33)16-23(30)39-29-25(41-28(36)20-14-8-3-9-15-20)24(40-27(35)19-12-6-2-7-13-19)21(17-37-29)38-26(34)18-10-4-1-5-11-18/h1-15,21-25,29,33H,16-17H2/t21-,22+,23-,24-,25-,29+/m1/s1. The lowest BCUT2D eigenvalue weighted by Crippen LogP contribution is -2.63. The molecule has 2 aliphatic rings. The van der Waals surface area contributed by atoms with Crippen LogP contribution in [0.2, 0.25) is 0 Å². The highest BCUT2D eigenvalue weighted by Gasteiger charge is 2.57. The minimum atomic E-state index is -1.63. The fourth-order valence-corrected chi connectivity index (χ4v) is 4.88. The summed E-state index contributed by atoms with van der Waals surface area (Å²) in [5.74, 6) is -2.21. The number of hydrogen-bond acceptors (Lipinski definition) is 9. The number of esters is 3. The third-order valence-corrected chi connectivity index (χ3v) is 7.76. The van der Waals surface area contributed by atoms with Gasteiger partial charge in [-0.15, -0.1) is 0 Å². The Balaban J connectivity index is 1.46. The van der Waals surface area contributed by atoms with Gasteiger partial charge in [0.05, 0.1) is 35.5 Å². The molecule has 0 unspecified atom stereocenters. The van der Waals surface area contributed by atoms with Crippen LogP contribution in [0.4, 0.5) is 0 Å². The summed E-state index contributed by atoms with van der Waals surface area (Å²) in [6, 6.07) is 24.5. The van der Waals surface area contributed by atoms with Crippen molar-refractivity contribution in [3.63, 3.8) is 0 Å². The first-order valence-electron chi connectivity index (χ1n) is 12.8. The van der Waals surface area contributed by atoms with Crippen LogP contribution in [0.1, 0.15) is 37.5 Å². The molecule has 2 fully saturated rings. The number of halogens is 2. The van der Waals surface area contributed by atoms with Gasteiger partial charge >= 0.3 is 17.9 Å². The van der Waals surface area contributed by atoms with Gasteiger partial charge in [0.1, 0.15) is 0 Å². The largest absolute Gasteiger partial charge is 0.452 e. The first-order chi connectivity index (χ1) is 19.7. The Morgan fingerprint density at radius 1 is 0.707 bits per heavy atom. The van der Waals surface area contributed by atoms with Crippen molar-refractivity contribution in [1.29, 1.82) is 0 Å². The van der Waals surface area contributed by atoms with E-state index < -0.39 is 59.1 Å². The van der Waals surface area contributed by atoms with E-state index in [0.717, 1.165) is 0 Å². The molecule has 1 saturated heterocycles. The molecular formula is C30H26Cl2O9. The Morgan fingerprint density at radius 2 is 1.15 bits per heavy atom. The molecule has 0 radical (unpaired) electrons. The molecule has 1 saturated carbocycles. The molecule has 0 spiro atoms. The molecule has 1 aliphatic heterocycles. The fraction of sp³-hybridized carbons (Fsp3) is 0.300. The topological polar surface area (TPSA) is 118 Å². The molecule has 6 atom stereocenters. The van der Waals surface area contributed by atoms with Gasteiger partial charge < -0.3 is 28.8 Å². The first kappa shape index (κ1) is 29.0. The number of rotatable bonds is 8. The smallest absolute Gasteiger partial charge is 0.338 e. The second-order valence-electron chi connectivity index (χ2n) is 9.53. The van der Waals surface area contributed by atoms with Gasteiger partial charge in [0, 0.05) is 6.42 Å². The van der Waals surface area contributed by atoms with E-state index in [1.54, 1.807) is 91.0 Å². The molecule has 1 aliphatic carbocycles. The zero-order chi connectivity index (χ0) is 29.0. The van der Waals surface area contributed by atoms with E-state index in [9.17, 15) is 19.5 Å². The summed E-state index contributed by atoms with van der Waals surface area (Å²) >= 11 is 12.5. The van der Waals surface area contributed by atoms with Gasteiger partial charge in [0.2, 0.25) is 0 Å². The van der Waals surface area contributed by atoms with Gasteiger partial charge in [-0.1, -0.05) is 77.8 Å². The average Bonchev–Trinajstić information content (AvgIpc) is 3.00. The van der Waals surface area contributed by atoms with E-state index in [2.05, 4.69) is 0 Å². The molecule has 1 N–H and O–H groups in total. The SMILES string of the molecule is O=C(O[C@H]1[C@H](O[C@@H]2C[C@H](O)C2(Cl)Cl)OC[C@@H](OC(=O)c2ccccc2)[C@H]1OC(=O)c1ccccc1)c1ccccc1. The van der Waals surface area contributed by atoms with Gasteiger partial charge in [-0.25, -0.2) is 14.4 Å². The number of aliphatic hydroxyl groups excluding tert-OH is 1. The molecule has 0 bridgehead atoms. The van der Waals surface area contributed by atoms with Crippen LogP contribution in [0.5, 0.6) is 0 Å². The quantitative estimate of drug-likeness (QED) is 0.229. The molecule has 1 heterocycles. The Hall–Kier alpha value is -3.47. The summed E-state index contributed by atoms with van der Waals surface area (Å²) < 4.78 is 27.6. The van der Waals surface area contributed by atoms with Crippen molar-refractivity contribution in [2.24, 2.45) is 0 Å². The van der Waals surface area contributed by atoms with Crippen LogP contribution in [0, 0.1) is 0 Å². The Labute approximate surface area is 245 Å². The number of aliphatic hydroxyl groups is 1. The molecule has 9 nitrogen and oxygen atoms in total. The van der Waals surface area contributed by atoms with Gasteiger partial charge in [-0.05, 0) is 36.4 Å². The highest BCUT2D eigenvalue weighted by molar-refractivity contribution is 6.50.